The molecule has 0 amide bonds. The van der Waals surface area contributed by atoms with Crippen molar-refractivity contribution in [1.82, 2.24) is 4.98 Å². The van der Waals surface area contributed by atoms with Crippen molar-refractivity contribution in [3.8, 4) is 22.8 Å². The lowest BCUT2D eigenvalue weighted by atomic mass is 10.1. The van der Waals surface area contributed by atoms with E-state index in [1.165, 1.54) is 31.6 Å². The van der Waals surface area contributed by atoms with E-state index in [0.717, 1.165) is 16.4 Å². The third-order valence-corrected chi connectivity index (χ3v) is 9.26. The Bertz CT molecular complexity index is 1220. The fourth-order valence-corrected chi connectivity index (χ4v) is 7.06. The lowest BCUT2D eigenvalue weighted by molar-refractivity contribution is 0.391. The molecule has 10 heteroatoms. The molecule has 170 valence electrons. The molecule has 2 heterocycles. The van der Waals surface area contributed by atoms with Crippen LogP contribution >= 0.6 is 34.5 Å². The van der Waals surface area contributed by atoms with Crippen molar-refractivity contribution in [2.24, 2.45) is 0 Å². The second kappa shape index (κ2) is 9.47. The van der Waals surface area contributed by atoms with Gasteiger partial charge in [0.2, 0.25) is 0 Å². The van der Waals surface area contributed by atoms with E-state index in [9.17, 15) is 8.42 Å². The smallest absolute Gasteiger partial charge is 0.185 e. The van der Waals surface area contributed by atoms with Gasteiger partial charge in [0.05, 0.1) is 30.2 Å². The standard InChI is InChI=1S/C22H22Cl2N2O4S2/c1-29-15-4-6-20(30-2)21(12-15)32(27,28)16-7-9-26(10-8-16)22-25-19(13-31-22)17-5-3-14(23)11-18(17)24/h3-6,11-13,16H,7-10H2,1-2H3. The number of aromatic nitrogens is 1. The minimum absolute atomic E-state index is 0.173. The Labute approximate surface area is 201 Å². The van der Waals surface area contributed by atoms with Crippen LogP contribution in [0.1, 0.15) is 12.8 Å². The fourth-order valence-electron chi connectivity index (χ4n) is 3.77. The van der Waals surface area contributed by atoms with Crippen molar-refractivity contribution in [1.29, 1.82) is 0 Å². The van der Waals surface area contributed by atoms with Crippen LogP contribution in [0.15, 0.2) is 46.7 Å². The molecule has 1 aliphatic heterocycles. The molecule has 3 aromatic rings. The van der Waals surface area contributed by atoms with E-state index in [0.29, 0.717) is 47.5 Å². The number of anilines is 1. The molecule has 2 aromatic carbocycles. The zero-order valence-corrected chi connectivity index (χ0v) is 20.7. The van der Waals surface area contributed by atoms with Crippen LogP contribution in [0.3, 0.4) is 0 Å². The van der Waals surface area contributed by atoms with Gasteiger partial charge < -0.3 is 14.4 Å². The molecule has 0 spiro atoms. The van der Waals surface area contributed by atoms with E-state index in [4.69, 9.17) is 37.7 Å². The zero-order valence-electron chi connectivity index (χ0n) is 17.5. The first kappa shape index (κ1) is 23.2. The Hall–Kier alpha value is -2.00. The third kappa shape index (κ3) is 4.55. The summed E-state index contributed by atoms with van der Waals surface area (Å²) in [6, 6.07) is 10.2. The van der Waals surface area contributed by atoms with E-state index < -0.39 is 15.1 Å². The summed E-state index contributed by atoms with van der Waals surface area (Å²) in [6.07, 6.45) is 0.999. The van der Waals surface area contributed by atoms with Crippen molar-refractivity contribution < 1.29 is 17.9 Å². The highest BCUT2D eigenvalue weighted by Gasteiger charge is 2.34. The topological polar surface area (TPSA) is 68.7 Å². The van der Waals surface area contributed by atoms with Crippen molar-refractivity contribution in [2.45, 2.75) is 23.0 Å². The number of rotatable bonds is 6. The Morgan fingerprint density at radius 3 is 2.47 bits per heavy atom. The molecular formula is C22H22Cl2N2O4S2. The predicted molar refractivity (Wildman–Crippen MR) is 130 cm³/mol. The lowest BCUT2D eigenvalue weighted by Gasteiger charge is -2.31. The monoisotopic (exact) mass is 512 g/mol. The van der Waals surface area contributed by atoms with Gasteiger partial charge in [-0.2, -0.15) is 0 Å². The van der Waals surface area contributed by atoms with Gasteiger partial charge in [0.25, 0.3) is 0 Å². The number of halogens is 2. The highest BCUT2D eigenvalue weighted by atomic mass is 35.5. The van der Waals surface area contributed by atoms with Crippen LogP contribution < -0.4 is 14.4 Å². The van der Waals surface area contributed by atoms with Crippen LogP contribution in [-0.2, 0) is 9.84 Å². The van der Waals surface area contributed by atoms with E-state index in [-0.39, 0.29) is 4.90 Å². The number of hydrogen-bond donors (Lipinski definition) is 0. The Kier molecular flexibility index (Phi) is 6.86. The van der Waals surface area contributed by atoms with Gasteiger partial charge in [-0.25, -0.2) is 13.4 Å². The molecule has 0 unspecified atom stereocenters. The maximum Gasteiger partial charge on any atom is 0.185 e. The molecule has 0 bridgehead atoms. The SMILES string of the molecule is COc1ccc(OC)c(S(=O)(=O)C2CCN(c3nc(-c4ccc(Cl)cc4Cl)cs3)CC2)c1. The summed E-state index contributed by atoms with van der Waals surface area (Å²) < 4.78 is 37.2. The van der Waals surface area contributed by atoms with Crippen LogP contribution in [0.2, 0.25) is 10.0 Å². The van der Waals surface area contributed by atoms with Gasteiger partial charge in [0, 0.05) is 35.1 Å². The summed E-state index contributed by atoms with van der Waals surface area (Å²) in [5, 5.41) is 3.43. The number of ether oxygens (including phenoxy) is 2. The lowest BCUT2D eigenvalue weighted by Crippen LogP contribution is -2.39. The van der Waals surface area contributed by atoms with E-state index >= 15 is 0 Å². The molecule has 1 aromatic heterocycles. The first-order chi connectivity index (χ1) is 15.3. The van der Waals surface area contributed by atoms with Gasteiger partial charge in [-0.3, -0.25) is 0 Å². The minimum Gasteiger partial charge on any atom is -0.497 e. The van der Waals surface area contributed by atoms with Gasteiger partial charge in [-0.05, 0) is 43.2 Å². The number of sulfone groups is 1. The summed E-state index contributed by atoms with van der Waals surface area (Å²) >= 11 is 13.8. The van der Waals surface area contributed by atoms with Gasteiger partial charge in [-0.15, -0.1) is 11.3 Å². The van der Waals surface area contributed by atoms with Crippen molar-refractivity contribution >= 4 is 49.5 Å². The highest BCUT2D eigenvalue weighted by Crippen LogP contribution is 2.37. The maximum atomic E-state index is 13.3. The van der Waals surface area contributed by atoms with Gasteiger partial charge in [-0.1, -0.05) is 23.2 Å². The van der Waals surface area contributed by atoms with Crippen LogP contribution in [0.4, 0.5) is 5.13 Å². The first-order valence-electron chi connectivity index (χ1n) is 9.95. The maximum absolute atomic E-state index is 13.3. The van der Waals surface area contributed by atoms with Gasteiger partial charge in [0.15, 0.2) is 15.0 Å². The summed E-state index contributed by atoms with van der Waals surface area (Å²) in [6.45, 7) is 1.19. The number of benzene rings is 2. The van der Waals surface area contributed by atoms with Crippen molar-refractivity contribution in [3.63, 3.8) is 0 Å². The fraction of sp³-hybridized carbons (Fsp3) is 0.318. The average Bonchev–Trinajstić information content (AvgIpc) is 3.28. The molecule has 32 heavy (non-hydrogen) atoms. The summed E-state index contributed by atoms with van der Waals surface area (Å²) in [5.41, 5.74) is 1.60. The van der Waals surface area contributed by atoms with Gasteiger partial charge in [0.1, 0.15) is 16.4 Å². The normalized spacial score (nSPS) is 15.1. The highest BCUT2D eigenvalue weighted by molar-refractivity contribution is 7.92. The molecule has 4 rings (SSSR count). The molecule has 0 aliphatic carbocycles. The van der Waals surface area contributed by atoms with Crippen molar-refractivity contribution in [2.75, 3.05) is 32.2 Å². The molecule has 0 radical (unpaired) electrons. The zero-order chi connectivity index (χ0) is 22.9. The largest absolute Gasteiger partial charge is 0.497 e. The molecule has 0 atom stereocenters. The number of methoxy groups -OCH3 is 2. The molecule has 0 N–H and O–H groups in total. The molecule has 1 aliphatic rings. The Morgan fingerprint density at radius 2 is 1.81 bits per heavy atom. The van der Waals surface area contributed by atoms with E-state index in [1.54, 1.807) is 24.3 Å². The summed E-state index contributed by atoms with van der Waals surface area (Å²) in [5.74, 6) is 0.815. The molecule has 1 saturated heterocycles. The quantitative estimate of drug-likeness (QED) is 0.429. The van der Waals surface area contributed by atoms with Crippen LogP contribution in [0.25, 0.3) is 11.3 Å². The molecular weight excluding hydrogens is 491 g/mol. The van der Waals surface area contributed by atoms with Crippen LogP contribution in [0.5, 0.6) is 11.5 Å². The summed E-state index contributed by atoms with van der Waals surface area (Å²) in [7, 11) is -0.590. The van der Waals surface area contributed by atoms with E-state index in [2.05, 4.69) is 4.90 Å². The number of thiazole rings is 1. The second-order valence-corrected chi connectivity index (χ2v) is 11.3. The molecule has 6 nitrogen and oxygen atoms in total. The Morgan fingerprint density at radius 1 is 1.06 bits per heavy atom. The van der Waals surface area contributed by atoms with Gasteiger partial charge >= 0.3 is 0 Å². The van der Waals surface area contributed by atoms with Crippen molar-refractivity contribution in [3.05, 3.63) is 51.8 Å². The second-order valence-electron chi connectivity index (χ2n) is 7.39. The van der Waals surface area contributed by atoms with E-state index in [1.807, 2.05) is 11.4 Å². The molecule has 1 fully saturated rings. The summed E-state index contributed by atoms with van der Waals surface area (Å²) in [4.78, 5) is 7.01. The predicted octanol–water partition coefficient (Wildman–Crippen LogP) is 5.58. The van der Waals surface area contributed by atoms with Crippen LogP contribution in [0, 0.1) is 0 Å². The van der Waals surface area contributed by atoms with Crippen LogP contribution in [-0.4, -0.2) is 46.0 Å². The minimum atomic E-state index is -3.57. The number of nitrogens with zero attached hydrogens (tertiary/aromatic N) is 2. The number of piperidine rings is 1. The molecule has 0 saturated carbocycles. The number of hydrogen-bond acceptors (Lipinski definition) is 7. The Balaban J connectivity index is 1.50. The third-order valence-electron chi connectivity index (χ3n) is 5.53. The average molecular weight is 513 g/mol. The first-order valence-corrected chi connectivity index (χ1v) is 13.1.